The molecule has 0 fully saturated rings. The molecule has 0 aliphatic carbocycles. The van der Waals surface area contributed by atoms with Crippen LogP contribution in [-0.2, 0) is 10.0 Å². The first-order valence-corrected chi connectivity index (χ1v) is 9.43. The van der Waals surface area contributed by atoms with Crippen LogP contribution in [0.25, 0.3) is 0 Å². The molecule has 0 spiro atoms. The molecule has 25 heavy (non-hydrogen) atoms. The first-order valence-electron chi connectivity index (χ1n) is 7.95. The number of nitrogens with zero attached hydrogens (tertiary/aromatic N) is 1. The lowest BCUT2D eigenvalue weighted by atomic mass is 10.2. The number of hydrogen-bond acceptors (Lipinski definition) is 5. The SMILES string of the molecule is CCOc1ccc(S(=O)(=O)N/N=C/c2ccc(OC(C)C)cc2)cc1. The van der Waals surface area contributed by atoms with Crippen LogP contribution in [0.5, 0.6) is 11.5 Å². The van der Waals surface area contributed by atoms with Gasteiger partial charge in [0, 0.05) is 0 Å². The number of ether oxygens (including phenoxy) is 2. The van der Waals surface area contributed by atoms with E-state index in [1.54, 1.807) is 24.3 Å². The molecule has 0 aliphatic rings. The van der Waals surface area contributed by atoms with E-state index in [1.165, 1.54) is 18.3 Å². The topological polar surface area (TPSA) is 77.0 Å². The first kappa shape index (κ1) is 18.8. The van der Waals surface area contributed by atoms with Crippen molar-refractivity contribution < 1.29 is 17.9 Å². The molecule has 0 radical (unpaired) electrons. The lowest BCUT2D eigenvalue weighted by Crippen LogP contribution is -2.18. The predicted molar refractivity (Wildman–Crippen MR) is 97.7 cm³/mol. The summed E-state index contributed by atoms with van der Waals surface area (Å²) in [5.41, 5.74) is 0.755. The molecule has 0 heterocycles. The van der Waals surface area contributed by atoms with Gasteiger partial charge in [-0.05, 0) is 74.9 Å². The van der Waals surface area contributed by atoms with Crippen molar-refractivity contribution in [2.24, 2.45) is 5.10 Å². The summed E-state index contributed by atoms with van der Waals surface area (Å²) >= 11 is 0. The summed E-state index contributed by atoms with van der Waals surface area (Å²) < 4.78 is 35.2. The molecule has 0 amide bonds. The average Bonchev–Trinajstić information content (AvgIpc) is 2.57. The van der Waals surface area contributed by atoms with E-state index in [2.05, 4.69) is 9.93 Å². The van der Waals surface area contributed by atoms with Gasteiger partial charge in [-0.25, -0.2) is 4.83 Å². The molecule has 2 aromatic carbocycles. The second-order valence-corrected chi connectivity index (χ2v) is 7.15. The van der Waals surface area contributed by atoms with Crippen molar-refractivity contribution in [2.75, 3.05) is 6.61 Å². The van der Waals surface area contributed by atoms with Crippen LogP contribution in [0.2, 0.25) is 0 Å². The molecular weight excluding hydrogens is 340 g/mol. The van der Waals surface area contributed by atoms with Crippen molar-refractivity contribution in [1.29, 1.82) is 0 Å². The minimum Gasteiger partial charge on any atom is -0.494 e. The molecular formula is C18H22N2O4S. The van der Waals surface area contributed by atoms with Crippen molar-refractivity contribution in [1.82, 2.24) is 4.83 Å². The second-order valence-electron chi connectivity index (χ2n) is 5.49. The highest BCUT2D eigenvalue weighted by atomic mass is 32.2. The van der Waals surface area contributed by atoms with Gasteiger partial charge in [0.2, 0.25) is 0 Å². The zero-order valence-electron chi connectivity index (χ0n) is 14.5. The molecule has 0 aromatic heterocycles. The molecule has 0 aliphatic heterocycles. The van der Waals surface area contributed by atoms with Crippen LogP contribution in [0.15, 0.2) is 58.5 Å². The maximum Gasteiger partial charge on any atom is 0.276 e. The predicted octanol–water partition coefficient (Wildman–Crippen LogP) is 3.18. The Balaban J connectivity index is 1.99. The van der Waals surface area contributed by atoms with Crippen LogP contribution >= 0.6 is 0 Å². The zero-order valence-corrected chi connectivity index (χ0v) is 15.3. The Morgan fingerprint density at radius 1 is 1.04 bits per heavy atom. The molecule has 6 nitrogen and oxygen atoms in total. The van der Waals surface area contributed by atoms with E-state index in [0.717, 1.165) is 11.3 Å². The first-order chi connectivity index (χ1) is 11.9. The third-order valence-corrected chi connectivity index (χ3v) is 4.32. The number of hydrazone groups is 1. The summed E-state index contributed by atoms with van der Waals surface area (Å²) in [6.07, 6.45) is 1.53. The molecule has 7 heteroatoms. The summed E-state index contributed by atoms with van der Waals surface area (Å²) in [7, 11) is -3.71. The quantitative estimate of drug-likeness (QED) is 0.578. The lowest BCUT2D eigenvalue weighted by molar-refractivity contribution is 0.242. The molecule has 1 N–H and O–H groups in total. The van der Waals surface area contributed by atoms with E-state index >= 15 is 0 Å². The van der Waals surface area contributed by atoms with Gasteiger partial charge in [0.15, 0.2) is 0 Å². The third-order valence-electron chi connectivity index (χ3n) is 3.08. The minimum atomic E-state index is -3.71. The van der Waals surface area contributed by atoms with Crippen LogP contribution in [0.4, 0.5) is 0 Å². The summed E-state index contributed by atoms with van der Waals surface area (Å²) in [5, 5.41) is 3.80. The van der Waals surface area contributed by atoms with Gasteiger partial charge in [0.05, 0.1) is 23.8 Å². The molecule has 134 valence electrons. The van der Waals surface area contributed by atoms with Crippen molar-refractivity contribution in [3.8, 4) is 11.5 Å². The molecule has 0 atom stereocenters. The van der Waals surface area contributed by atoms with Crippen LogP contribution in [0.3, 0.4) is 0 Å². The summed E-state index contributed by atoms with van der Waals surface area (Å²) in [6, 6.07) is 13.4. The number of sulfonamides is 1. The van der Waals surface area contributed by atoms with Gasteiger partial charge in [-0.15, -0.1) is 0 Å². The number of rotatable bonds is 8. The molecule has 0 saturated carbocycles. The fraction of sp³-hybridized carbons (Fsp3) is 0.278. The Bertz CT molecular complexity index is 798. The Morgan fingerprint density at radius 2 is 1.64 bits per heavy atom. The Morgan fingerprint density at radius 3 is 2.20 bits per heavy atom. The molecule has 0 bridgehead atoms. The van der Waals surface area contributed by atoms with Gasteiger partial charge in [-0.2, -0.15) is 13.5 Å². The number of nitrogens with one attached hydrogen (secondary N) is 1. The Labute approximate surface area is 148 Å². The van der Waals surface area contributed by atoms with Crippen molar-refractivity contribution in [3.05, 3.63) is 54.1 Å². The maximum atomic E-state index is 12.2. The Hall–Kier alpha value is -2.54. The van der Waals surface area contributed by atoms with Gasteiger partial charge < -0.3 is 9.47 Å². The van der Waals surface area contributed by atoms with E-state index in [0.29, 0.717) is 12.4 Å². The summed E-state index contributed by atoms with van der Waals surface area (Å²) in [5.74, 6) is 1.37. The third kappa shape index (κ3) is 5.79. The highest BCUT2D eigenvalue weighted by molar-refractivity contribution is 7.89. The van der Waals surface area contributed by atoms with Gasteiger partial charge in [0.1, 0.15) is 11.5 Å². The molecule has 0 unspecified atom stereocenters. The number of hydrogen-bond donors (Lipinski definition) is 1. The lowest BCUT2D eigenvalue weighted by Gasteiger charge is -2.09. The van der Waals surface area contributed by atoms with E-state index < -0.39 is 10.0 Å². The smallest absolute Gasteiger partial charge is 0.276 e. The van der Waals surface area contributed by atoms with Crippen LogP contribution in [-0.4, -0.2) is 27.3 Å². The van der Waals surface area contributed by atoms with Gasteiger partial charge in [-0.3, -0.25) is 0 Å². The fourth-order valence-corrected chi connectivity index (χ4v) is 2.80. The molecule has 2 aromatic rings. The highest BCUT2D eigenvalue weighted by Gasteiger charge is 2.12. The minimum absolute atomic E-state index is 0.0976. The standard InChI is InChI=1S/C18H22N2O4S/c1-4-23-16-9-11-18(12-10-16)25(21,22)20-19-13-15-5-7-17(8-6-15)24-14(2)3/h5-14,20H,4H2,1-3H3/b19-13+. The van der Waals surface area contributed by atoms with Gasteiger partial charge in [-0.1, -0.05) is 0 Å². The second kappa shape index (κ2) is 8.53. The van der Waals surface area contributed by atoms with Crippen LogP contribution in [0, 0.1) is 0 Å². The van der Waals surface area contributed by atoms with E-state index in [4.69, 9.17) is 9.47 Å². The van der Waals surface area contributed by atoms with Crippen molar-refractivity contribution in [2.45, 2.75) is 31.8 Å². The van der Waals surface area contributed by atoms with Gasteiger partial charge >= 0.3 is 0 Å². The molecule has 2 rings (SSSR count). The fourth-order valence-electron chi connectivity index (χ4n) is 2.01. The molecule has 0 saturated heterocycles. The van der Waals surface area contributed by atoms with Crippen LogP contribution in [0.1, 0.15) is 26.3 Å². The van der Waals surface area contributed by atoms with Crippen molar-refractivity contribution in [3.63, 3.8) is 0 Å². The van der Waals surface area contributed by atoms with Gasteiger partial charge in [0.25, 0.3) is 10.0 Å². The van der Waals surface area contributed by atoms with E-state index in [1.807, 2.05) is 32.9 Å². The monoisotopic (exact) mass is 362 g/mol. The van der Waals surface area contributed by atoms with Crippen molar-refractivity contribution >= 4 is 16.2 Å². The van der Waals surface area contributed by atoms with E-state index in [9.17, 15) is 8.42 Å². The largest absolute Gasteiger partial charge is 0.494 e. The number of benzene rings is 2. The zero-order chi connectivity index (χ0) is 18.3. The summed E-state index contributed by atoms with van der Waals surface area (Å²) in [6.45, 7) is 6.29. The summed E-state index contributed by atoms with van der Waals surface area (Å²) in [4.78, 5) is 2.31. The van der Waals surface area contributed by atoms with Crippen LogP contribution < -0.4 is 14.3 Å². The maximum absolute atomic E-state index is 12.2. The normalized spacial score (nSPS) is 11.7. The van der Waals surface area contributed by atoms with E-state index in [-0.39, 0.29) is 11.0 Å². The average molecular weight is 362 g/mol. The highest BCUT2D eigenvalue weighted by Crippen LogP contribution is 2.16. The Kier molecular flexibility index (Phi) is 6.41.